The number of rotatable bonds is 5. The van der Waals surface area contributed by atoms with Crippen molar-refractivity contribution >= 4 is 11.9 Å². The molecule has 0 aromatic heterocycles. The maximum absolute atomic E-state index is 12.2. The average Bonchev–Trinajstić information content (AvgIpc) is 2.44. The van der Waals surface area contributed by atoms with Crippen molar-refractivity contribution in [2.24, 2.45) is 0 Å². The zero-order valence-corrected chi connectivity index (χ0v) is 12.0. The second kappa shape index (κ2) is 6.47. The number of benzene rings is 1. The van der Waals surface area contributed by atoms with Crippen LogP contribution in [0.2, 0.25) is 0 Å². The van der Waals surface area contributed by atoms with Gasteiger partial charge in [-0.2, -0.15) is 0 Å². The highest BCUT2D eigenvalue weighted by Gasteiger charge is 2.34. The molecule has 0 saturated heterocycles. The first kappa shape index (κ1) is 15.2. The van der Waals surface area contributed by atoms with E-state index in [9.17, 15) is 9.59 Å². The van der Waals surface area contributed by atoms with E-state index in [0.29, 0.717) is 17.9 Å². The van der Waals surface area contributed by atoms with Crippen molar-refractivity contribution in [3.63, 3.8) is 0 Å². The Morgan fingerprint density at radius 1 is 1.29 bits per heavy atom. The highest BCUT2D eigenvalue weighted by molar-refractivity contribution is 5.82. The third-order valence-corrected chi connectivity index (χ3v) is 3.28. The number of hydrogen-bond acceptors (Lipinski definition) is 4. The Morgan fingerprint density at radius 3 is 2.52 bits per heavy atom. The highest BCUT2D eigenvalue weighted by Crippen LogP contribution is 2.33. The minimum Gasteiger partial charge on any atom is -0.482 e. The first-order valence-electron chi connectivity index (χ1n) is 6.92. The molecule has 3 unspecified atom stereocenters. The van der Waals surface area contributed by atoms with Crippen LogP contribution in [0, 0.1) is 0 Å². The van der Waals surface area contributed by atoms with E-state index >= 15 is 0 Å². The molecule has 114 valence electrons. The largest absolute Gasteiger partial charge is 0.482 e. The monoisotopic (exact) mass is 293 g/mol. The molecule has 1 aromatic rings. The molecule has 21 heavy (non-hydrogen) atoms. The fourth-order valence-corrected chi connectivity index (χ4v) is 2.14. The summed E-state index contributed by atoms with van der Waals surface area (Å²) in [5.41, 5.74) is 0. The van der Waals surface area contributed by atoms with Gasteiger partial charge in [-0.3, -0.25) is 9.59 Å². The summed E-state index contributed by atoms with van der Waals surface area (Å²) in [5, 5.41) is 11.4. The molecule has 0 radical (unpaired) electrons. The number of carboxylic acids is 1. The number of carboxylic acid groups (broad SMARTS) is 1. The van der Waals surface area contributed by atoms with Gasteiger partial charge >= 0.3 is 5.97 Å². The van der Waals surface area contributed by atoms with E-state index in [2.05, 4.69) is 5.32 Å². The molecule has 1 aromatic carbocycles. The van der Waals surface area contributed by atoms with Gasteiger partial charge in [0, 0.05) is 12.5 Å². The minimum absolute atomic E-state index is 0.0157. The van der Waals surface area contributed by atoms with Crippen molar-refractivity contribution in [2.75, 3.05) is 0 Å². The van der Waals surface area contributed by atoms with Crippen molar-refractivity contribution in [3.8, 4) is 11.5 Å². The van der Waals surface area contributed by atoms with E-state index in [-0.39, 0.29) is 18.4 Å². The zero-order valence-electron chi connectivity index (χ0n) is 12.0. The molecule has 0 bridgehead atoms. The Hall–Kier alpha value is -2.24. The maximum Gasteiger partial charge on any atom is 0.303 e. The molecule has 2 rings (SSSR count). The molecule has 1 aliphatic heterocycles. The van der Waals surface area contributed by atoms with Crippen LogP contribution in [0.1, 0.15) is 26.7 Å². The van der Waals surface area contributed by atoms with Gasteiger partial charge in [0.25, 0.3) is 5.91 Å². The molecule has 1 aliphatic rings. The molecule has 0 aliphatic carbocycles. The summed E-state index contributed by atoms with van der Waals surface area (Å²) in [6, 6.07) is 6.94. The number of fused-ring (bicyclic) bond motifs is 1. The smallest absolute Gasteiger partial charge is 0.303 e. The van der Waals surface area contributed by atoms with Gasteiger partial charge in [-0.25, -0.2) is 0 Å². The Balaban J connectivity index is 1.95. The summed E-state index contributed by atoms with van der Waals surface area (Å²) < 4.78 is 11.3. The average molecular weight is 293 g/mol. The van der Waals surface area contributed by atoms with Crippen molar-refractivity contribution in [3.05, 3.63) is 24.3 Å². The Kier molecular flexibility index (Phi) is 4.67. The van der Waals surface area contributed by atoms with Crippen LogP contribution in [-0.2, 0) is 9.59 Å². The highest BCUT2D eigenvalue weighted by atomic mass is 16.6. The number of amides is 1. The van der Waals surface area contributed by atoms with E-state index in [4.69, 9.17) is 14.6 Å². The van der Waals surface area contributed by atoms with E-state index < -0.39 is 18.2 Å². The van der Waals surface area contributed by atoms with Crippen molar-refractivity contribution in [2.45, 2.75) is 44.9 Å². The maximum atomic E-state index is 12.2. The molecule has 6 heteroatoms. The van der Waals surface area contributed by atoms with Crippen LogP contribution in [0.5, 0.6) is 11.5 Å². The second-order valence-electron chi connectivity index (χ2n) is 5.15. The summed E-state index contributed by atoms with van der Waals surface area (Å²) in [4.78, 5) is 22.7. The summed E-state index contributed by atoms with van der Waals surface area (Å²) in [6.45, 7) is 3.53. The number of para-hydroxylation sites is 2. The van der Waals surface area contributed by atoms with E-state index in [1.807, 2.05) is 12.1 Å². The van der Waals surface area contributed by atoms with Gasteiger partial charge in [0.1, 0.15) is 6.10 Å². The van der Waals surface area contributed by atoms with Crippen LogP contribution in [0.15, 0.2) is 24.3 Å². The number of nitrogens with one attached hydrogen (secondary N) is 1. The SMILES string of the molecule is CC(CCC(=O)O)NC(=O)C1Oc2ccccc2OC1C. The van der Waals surface area contributed by atoms with Crippen LogP contribution in [-0.4, -0.2) is 35.2 Å². The summed E-state index contributed by atoms with van der Waals surface area (Å²) in [7, 11) is 0. The predicted molar refractivity (Wildman–Crippen MR) is 75.4 cm³/mol. The standard InChI is InChI=1S/C15H19NO5/c1-9(7-8-13(17)18)16-15(19)14-10(2)20-11-5-3-4-6-12(11)21-14/h3-6,9-10,14H,7-8H2,1-2H3,(H,16,19)(H,17,18). The van der Waals surface area contributed by atoms with Crippen molar-refractivity contribution in [1.29, 1.82) is 0 Å². The van der Waals surface area contributed by atoms with Crippen LogP contribution in [0.3, 0.4) is 0 Å². The molecule has 1 heterocycles. The van der Waals surface area contributed by atoms with Gasteiger partial charge in [0.2, 0.25) is 6.10 Å². The Bertz CT molecular complexity index is 531. The van der Waals surface area contributed by atoms with Gasteiger partial charge in [0.05, 0.1) is 0 Å². The molecule has 0 spiro atoms. The number of carbonyl (C=O) groups is 2. The van der Waals surface area contributed by atoms with E-state index in [1.54, 1.807) is 26.0 Å². The predicted octanol–water partition coefficient (Wildman–Crippen LogP) is 1.58. The van der Waals surface area contributed by atoms with E-state index in [1.165, 1.54) is 0 Å². The third-order valence-electron chi connectivity index (χ3n) is 3.28. The summed E-state index contributed by atoms with van der Waals surface area (Å²) >= 11 is 0. The lowest BCUT2D eigenvalue weighted by atomic mass is 10.1. The zero-order chi connectivity index (χ0) is 15.4. The molecule has 3 atom stereocenters. The van der Waals surface area contributed by atoms with Crippen molar-refractivity contribution < 1.29 is 24.2 Å². The topological polar surface area (TPSA) is 84.9 Å². The van der Waals surface area contributed by atoms with Crippen LogP contribution < -0.4 is 14.8 Å². The number of carbonyl (C=O) groups excluding carboxylic acids is 1. The fraction of sp³-hybridized carbons (Fsp3) is 0.467. The minimum atomic E-state index is -0.879. The lowest BCUT2D eigenvalue weighted by Gasteiger charge is -2.31. The molecular formula is C15H19NO5. The number of hydrogen-bond donors (Lipinski definition) is 2. The summed E-state index contributed by atoms with van der Waals surface area (Å²) in [6.07, 6.45) is -0.764. The first-order chi connectivity index (χ1) is 9.97. The molecule has 1 amide bonds. The second-order valence-corrected chi connectivity index (χ2v) is 5.15. The molecular weight excluding hydrogens is 274 g/mol. The number of aliphatic carboxylic acids is 1. The van der Waals surface area contributed by atoms with Gasteiger partial charge in [-0.1, -0.05) is 12.1 Å². The first-order valence-corrected chi connectivity index (χ1v) is 6.92. The normalized spacial score (nSPS) is 21.4. The summed E-state index contributed by atoms with van der Waals surface area (Å²) in [5.74, 6) is -0.0209. The molecule has 6 nitrogen and oxygen atoms in total. The molecule has 2 N–H and O–H groups in total. The van der Waals surface area contributed by atoms with Crippen LogP contribution >= 0.6 is 0 Å². The fourth-order valence-electron chi connectivity index (χ4n) is 2.14. The number of ether oxygens (including phenoxy) is 2. The third kappa shape index (κ3) is 3.87. The molecule has 0 fully saturated rings. The van der Waals surface area contributed by atoms with Gasteiger partial charge in [-0.05, 0) is 32.4 Å². The van der Waals surface area contributed by atoms with E-state index in [0.717, 1.165) is 0 Å². The Morgan fingerprint density at radius 2 is 1.90 bits per heavy atom. The lowest BCUT2D eigenvalue weighted by Crippen LogP contribution is -2.51. The Labute approximate surface area is 123 Å². The molecule has 0 saturated carbocycles. The quantitative estimate of drug-likeness (QED) is 0.861. The van der Waals surface area contributed by atoms with Gasteiger partial charge in [-0.15, -0.1) is 0 Å². The lowest BCUT2D eigenvalue weighted by molar-refractivity contribution is -0.138. The van der Waals surface area contributed by atoms with Crippen molar-refractivity contribution in [1.82, 2.24) is 5.32 Å². The van der Waals surface area contributed by atoms with Crippen LogP contribution in [0.4, 0.5) is 0 Å². The van der Waals surface area contributed by atoms with Gasteiger partial charge in [0.15, 0.2) is 11.5 Å². The van der Waals surface area contributed by atoms with Crippen LogP contribution in [0.25, 0.3) is 0 Å². The van der Waals surface area contributed by atoms with Gasteiger partial charge < -0.3 is 19.9 Å².